The van der Waals surface area contributed by atoms with Crippen molar-refractivity contribution in [3.8, 4) is 18.1 Å². The van der Waals surface area contributed by atoms with Gasteiger partial charge < -0.3 is 9.64 Å². The smallest absolute Gasteiger partial charge is 0.170 e. The fraction of sp³-hybridized carbons (Fsp3) is 0.364. The molecule has 4 heteroatoms. The van der Waals surface area contributed by atoms with Gasteiger partial charge in [-0.2, -0.15) is 0 Å². The van der Waals surface area contributed by atoms with Gasteiger partial charge in [-0.05, 0) is 41.9 Å². The lowest BCUT2D eigenvalue weighted by molar-refractivity contribution is 0.0932. The SMILES string of the molecule is C#CC1CCN(CCC(=O)c2ccc3cc4c(cc3c2)C(=O)CCO4)C1. The molecule has 0 aliphatic carbocycles. The van der Waals surface area contributed by atoms with Crippen LogP contribution in [-0.2, 0) is 0 Å². The highest BCUT2D eigenvalue weighted by atomic mass is 16.5. The highest BCUT2D eigenvalue weighted by Crippen LogP contribution is 2.30. The second kappa shape index (κ2) is 6.93. The number of ether oxygens (including phenoxy) is 1. The van der Waals surface area contributed by atoms with E-state index in [4.69, 9.17) is 11.2 Å². The zero-order valence-corrected chi connectivity index (χ0v) is 14.7. The van der Waals surface area contributed by atoms with Crippen molar-refractivity contribution in [2.45, 2.75) is 19.3 Å². The number of Topliss-reactive ketones (excluding diaryl/α,β-unsaturated/α-hetero) is 2. The zero-order chi connectivity index (χ0) is 18.1. The summed E-state index contributed by atoms with van der Waals surface area (Å²) in [6.07, 6.45) is 7.38. The molecular weight excluding hydrogens is 326 g/mol. The molecule has 0 aromatic heterocycles. The Balaban J connectivity index is 1.50. The summed E-state index contributed by atoms with van der Waals surface area (Å²) in [6.45, 7) is 3.03. The van der Waals surface area contributed by atoms with Crippen molar-refractivity contribution in [1.29, 1.82) is 0 Å². The minimum Gasteiger partial charge on any atom is -0.492 e. The number of carbonyl (C=O) groups excluding carboxylic acids is 2. The molecule has 1 saturated heterocycles. The maximum absolute atomic E-state index is 12.6. The quantitative estimate of drug-likeness (QED) is 0.629. The minimum absolute atomic E-state index is 0.0991. The predicted octanol–water partition coefficient (Wildman–Crippen LogP) is 3.33. The monoisotopic (exact) mass is 347 g/mol. The molecule has 0 radical (unpaired) electrons. The van der Waals surface area contributed by atoms with Gasteiger partial charge in [0.05, 0.1) is 12.2 Å². The lowest BCUT2D eigenvalue weighted by Gasteiger charge is -2.17. The van der Waals surface area contributed by atoms with Crippen molar-refractivity contribution in [2.75, 3.05) is 26.2 Å². The average Bonchev–Trinajstić information content (AvgIpc) is 3.13. The predicted molar refractivity (Wildman–Crippen MR) is 101 cm³/mol. The molecule has 1 fully saturated rings. The summed E-state index contributed by atoms with van der Waals surface area (Å²) in [6, 6.07) is 9.40. The van der Waals surface area contributed by atoms with E-state index in [0.29, 0.717) is 42.2 Å². The van der Waals surface area contributed by atoms with Gasteiger partial charge in [0.25, 0.3) is 0 Å². The van der Waals surface area contributed by atoms with Crippen LogP contribution in [0.1, 0.15) is 40.0 Å². The van der Waals surface area contributed by atoms with E-state index in [1.807, 2.05) is 30.3 Å². The van der Waals surface area contributed by atoms with Crippen LogP contribution in [0.2, 0.25) is 0 Å². The fourth-order valence-corrected chi connectivity index (χ4v) is 3.75. The number of carbonyl (C=O) groups is 2. The van der Waals surface area contributed by atoms with Crippen LogP contribution in [0.4, 0.5) is 0 Å². The van der Waals surface area contributed by atoms with Crippen molar-refractivity contribution in [1.82, 2.24) is 4.90 Å². The Morgan fingerprint density at radius 2 is 2.15 bits per heavy atom. The summed E-state index contributed by atoms with van der Waals surface area (Å²) >= 11 is 0. The first kappa shape index (κ1) is 16.8. The first-order valence-electron chi connectivity index (χ1n) is 9.09. The van der Waals surface area contributed by atoms with E-state index in [1.54, 1.807) is 0 Å². The number of likely N-dealkylation sites (tertiary alicyclic amines) is 1. The maximum Gasteiger partial charge on any atom is 0.170 e. The molecule has 0 N–H and O–H groups in total. The van der Waals surface area contributed by atoms with Gasteiger partial charge in [-0.25, -0.2) is 0 Å². The van der Waals surface area contributed by atoms with Crippen molar-refractivity contribution in [3.05, 3.63) is 41.5 Å². The van der Waals surface area contributed by atoms with Gasteiger partial charge >= 0.3 is 0 Å². The third-order valence-corrected chi connectivity index (χ3v) is 5.31. The molecule has 132 valence electrons. The summed E-state index contributed by atoms with van der Waals surface area (Å²) in [7, 11) is 0. The van der Waals surface area contributed by atoms with Crippen LogP contribution in [-0.4, -0.2) is 42.7 Å². The molecule has 0 amide bonds. The van der Waals surface area contributed by atoms with Crippen LogP contribution >= 0.6 is 0 Å². The number of fused-ring (bicyclic) bond motifs is 2. The van der Waals surface area contributed by atoms with Crippen LogP contribution in [0.25, 0.3) is 10.8 Å². The van der Waals surface area contributed by atoms with Crippen molar-refractivity contribution in [3.63, 3.8) is 0 Å². The summed E-state index contributed by atoms with van der Waals surface area (Å²) in [5, 5.41) is 1.88. The fourth-order valence-electron chi connectivity index (χ4n) is 3.75. The van der Waals surface area contributed by atoms with Crippen LogP contribution < -0.4 is 4.74 Å². The Kier molecular flexibility index (Phi) is 4.48. The Bertz CT molecular complexity index is 925. The topological polar surface area (TPSA) is 46.6 Å². The molecule has 26 heavy (non-hydrogen) atoms. The van der Waals surface area contributed by atoms with Gasteiger partial charge in [0.1, 0.15) is 5.75 Å². The first-order valence-corrected chi connectivity index (χ1v) is 9.09. The Labute approximate surface area is 153 Å². The number of benzene rings is 2. The number of terminal acetylenes is 1. The first-order chi connectivity index (χ1) is 12.6. The summed E-state index contributed by atoms with van der Waals surface area (Å²) in [4.78, 5) is 26.9. The van der Waals surface area contributed by atoms with Crippen LogP contribution in [0, 0.1) is 18.3 Å². The summed E-state index contributed by atoms with van der Waals surface area (Å²) in [5.41, 5.74) is 1.31. The lowest BCUT2D eigenvalue weighted by Crippen LogP contribution is -2.23. The highest BCUT2D eigenvalue weighted by Gasteiger charge is 2.22. The summed E-state index contributed by atoms with van der Waals surface area (Å²) in [5.74, 6) is 3.98. The van der Waals surface area contributed by atoms with E-state index in [0.717, 1.165) is 36.8 Å². The van der Waals surface area contributed by atoms with Gasteiger partial charge in [0.2, 0.25) is 0 Å². The molecule has 2 aromatic carbocycles. The second-order valence-corrected chi connectivity index (χ2v) is 7.06. The van der Waals surface area contributed by atoms with Gasteiger partial charge in [-0.15, -0.1) is 12.3 Å². The zero-order valence-electron chi connectivity index (χ0n) is 14.7. The number of hydrogen-bond acceptors (Lipinski definition) is 4. The molecule has 0 spiro atoms. The van der Waals surface area contributed by atoms with Gasteiger partial charge in [-0.1, -0.05) is 12.1 Å². The molecule has 2 aromatic rings. The van der Waals surface area contributed by atoms with Gasteiger partial charge in [0, 0.05) is 37.4 Å². The van der Waals surface area contributed by atoms with E-state index in [2.05, 4.69) is 10.8 Å². The Morgan fingerprint density at radius 3 is 2.96 bits per heavy atom. The lowest BCUT2D eigenvalue weighted by atomic mass is 9.97. The molecule has 2 heterocycles. The molecule has 2 aliphatic heterocycles. The molecule has 1 unspecified atom stereocenters. The van der Waals surface area contributed by atoms with Crippen molar-refractivity contribution < 1.29 is 14.3 Å². The number of rotatable bonds is 4. The standard InChI is InChI=1S/C22H21NO3/c1-2-15-5-8-23(14-15)9-6-20(24)17-4-3-16-13-22-19(12-18(16)11-17)21(25)7-10-26-22/h1,3-4,11-13,15H,5-10,14H2. The normalized spacial score (nSPS) is 19.8. The Morgan fingerprint density at radius 1 is 1.27 bits per heavy atom. The molecule has 0 saturated carbocycles. The van der Waals surface area contributed by atoms with E-state index in [-0.39, 0.29) is 11.6 Å². The largest absolute Gasteiger partial charge is 0.492 e. The molecule has 4 nitrogen and oxygen atoms in total. The van der Waals surface area contributed by atoms with Crippen molar-refractivity contribution >= 4 is 22.3 Å². The van der Waals surface area contributed by atoms with Crippen LogP contribution in [0.5, 0.6) is 5.75 Å². The minimum atomic E-state index is 0.0991. The van der Waals surface area contributed by atoms with Crippen LogP contribution in [0.3, 0.4) is 0 Å². The van der Waals surface area contributed by atoms with Crippen LogP contribution in [0.15, 0.2) is 30.3 Å². The number of hydrogen-bond donors (Lipinski definition) is 0. The van der Waals surface area contributed by atoms with E-state index in [1.165, 1.54) is 0 Å². The molecule has 4 rings (SSSR count). The van der Waals surface area contributed by atoms with E-state index >= 15 is 0 Å². The van der Waals surface area contributed by atoms with Crippen molar-refractivity contribution in [2.24, 2.45) is 5.92 Å². The third-order valence-electron chi connectivity index (χ3n) is 5.31. The molecule has 2 aliphatic rings. The molecule has 0 bridgehead atoms. The number of nitrogens with zero attached hydrogens (tertiary/aromatic N) is 1. The Hall–Kier alpha value is -2.64. The van der Waals surface area contributed by atoms with E-state index < -0.39 is 0 Å². The highest BCUT2D eigenvalue weighted by molar-refractivity contribution is 6.05. The van der Waals surface area contributed by atoms with E-state index in [9.17, 15) is 9.59 Å². The average molecular weight is 347 g/mol. The molecule has 1 atom stereocenters. The third kappa shape index (κ3) is 3.23. The second-order valence-electron chi connectivity index (χ2n) is 7.06. The summed E-state index contributed by atoms with van der Waals surface area (Å²) < 4.78 is 5.59. The maximum atomic E-state index is 12.6. The number of ketones is 2. The molecular formula is C22H21NO3. The van der Waals surface area contributed by atoms with Gasteiger partial charge in [0.15, 0.2) is 11.6 Å². The van der Waals surface area contributed by atoms with Gasteiger partial charge in [-0.3, -0.25) is 9.59 Å².